The third-order valence-electron chi connectivity index (χ3n) is 11.4. The van der Waals surface area contributed by atoms with Gasteiger partial charge in [0.05, 0.1) is 47.7 Å². The van der Waals surface area contributed by atoms with Gasteiger partial charge >= 0.3 is 0 Å². The molecule has 5 rings (SSSR count). The first-order chi connectivity index (χ1) is 23.7. The molecule has 9 nitrogen and oxygen atoms in total. The minimum absolute atomic E-state index is 0.0285. The molecule has 280 valence electrons. The van der Waals surface area contributed by atoms with Crippen molar-refractivity contribution < 1.29 is 42.7 Å². The van der Waals surface area contributed by atoms with E-state index in [1.54, 1.807) is 12.1 Å². The van der Waals surface area contributed by atoms with Gasteiger partial charge in [0.15, 0.2) is 49.3 Å². The predicted octanol–water partition coefficient (Wildman–Crippen LogP) is 8.83. The summed E-state index contributed by atoms with van der Waals surface area (Å²) < 4.78 is 51.9. The topological polar surface area (TPSA) is 94.1 Å². The van der Waals surface area contributed by atoms with Gasteiger partial charge in [0.25, 0.3) is 0 Å². The zero-order valence-corrected chi connectivity index (χ0v) is 34.8. The lowest BCUT2D eigenvalue weighted by Crippen LogP contribution is -2.52. The number of ether oxygens (including phenoxy) is 7. The summed E-state index contributed by atoms with van der Waals surface area (Å²) >= 11 is 0. The van der Waals surface area contributed by atoms with Crippen molar-refractivity contribution in [2.75, 3.05) is 34.0 Å². The molecular formula is C40H58O9Si2. The molecule has 3 aromatic rings. The molecule has 0 aliphatic carbocycles. The highest BCUT2D eigenvalue weighted by atomic mass is 28.4. The largest absolute Gasteiger partial charge is 0.502 e. The standard InChI is InChI=1S/C40H58O9Si2/c1-38(2,3)50(10,11)32-23-28(40(7)45-19-20-46-40)35(44-24-26-17-15-14-16-18-26)37-36(32)49-34(27-21-29(42-8)33(41)30(22-27)43-9)31(48-37)25-47-51(12,13)39(4,5)6/h14-18,21-23,31,34,41H,19-20,24-25H2,1-13H3/t31-,34-/m0/s1. The van der Waals surface area contributed by atoms with E-state index in [9.17, 15) is 5.11 Å². The van der Waals surface area contributed by atoms with Gasteiger partial charge in [0, 0.05) is 5.56 Å². The van der Waals surface area contributed by atoms with E-state index in [1.165, 1.54) is 14.2 Å². The molecule has 3 aromatic carbocycles. The molecule has 2 aliphatic rings. The number of aromatic hydroxyl groups is 1. The van der Waals surface area contributed by atoms with E-state index < -0.39 is 34.4 Å². The zero-order chi connectivity index (χ0) is 37.6. The minimum atomic E-state index is -2.34. The van der Waals surface area contributed by atoms with E-state index >= 15 is 0 Å². The van der Waals surface area contributed by atoms with Gasteiger partial charge in [0.1, 0.15) is 6.61 Å². The van der Waals surface area contributed by atoms with E-state index in [4.69, 9.17) is 37.6 Å². The van der Waals surface area contributed by atoms with Crippen molar-refractivity contribution in [3.8, 4) is 34.5 Å². The lowest BCUT2D eigenvalue weighted by molar-refractivity contribution is -0.151. The Hall–Kier alpha value is -3.23. The maximum absolute atomic E-state index is 10.8. The summed E-state index contributed by atoms with van der Waals surface area (Å²) in [5.74, 6) is 1.09. The second-order valence-electron chi connectivity index (χ2n) is 16.8. The molecule has 0 radical (unpaired) electrons. The summed E-state index contributed by atoms with van der Waals surface area (Å²) in [6, 6.07) is 15.8. The number of hydrogen-bond donors (Lipinski definition) is 1. The smallest absolute Gasteiger partial charge is 0.204 e. The molecule has 2 heterocycles. The second-order valence-corrected chi connectivity index (χ2v) is 26.9. The molecule has 2 aliphatic heterocycles. The number of fused-ring (bicyclic) bond motifs is 1. The fourth-order valence-electron chi connectivity index (χ4n) is 6.00. The van der Waals surface area contributed by atoms with Gasteiger partial charge in [-0.2, -0.15) is 0 Å². The van der Waals surface area contributed by atoms with Gasteiger partial charge < -0.3 is 42.7 Å². The molecule has 0 aromatic heterocycles. The third kappa shape index (κ3) is 7.64. The Kier molecular flexibility index (Phi) is 10.9. The van der Waals surface area contributed by atoms with Crippen LogP contribution >= 0.6 is 0 Å². The fraction of sp³-hybridized carbons (Fsp3) is 0.550. The SMILES string of the molecule is COc1cc([C@@H]2Oc3c([Si](C)(C)C(C)(C)C)cc(C4(C)OCCO4)c(OCc4ccccc4)c3O[C@H]2CO[Si](C)(C)C(C)(C)C)cc(OC)c1O. The summed E-state index contributed by atoms with van der Waals surface area (Å²) in [7, 11) is -1.53. The van der Waals surface area contributed by atoms with Crippen LogP contribution in [0.1, 0.15) is 71.3 Å². The number of hydrogen-bond acceptors (Lipinski definition) is 9. The molecular weight excluding hydrogens is 681 g/mol. The van der Waals surface area contributed by atoms with Gasteiger partial charge in [0.2, 0.25) is 11.5 Å². The first-order valence-electron chi connectivity index (χ1n) is 17.8. The van der Waals surface area contributed by atoms with E-state index in [1.807, 2.05) is 37.3 Å². The molecule has 1 N–H and O–H groups in total. The quantitative estimate of drug-likeness (QED) is 0.194. The maximum Gasteiger partial charge on any atom is 0.204 e. The lowest BCUT2D eigenvalue weighted by atomic mass is 10.00. The molecule has 1 saturated heterocycles. The highest BCUT2D eigenvalue weighted by Gasteiger charge is 2.49. The Bertz CT molecular complexity index is 1660. The Morgan fingerprint density at radius 1 is 0.824 bits per heavy atom. The van der Waals surface area contributed by atoms with Crippen LogP contribution in [0.25, 0.3) is 0 Å². The van der Waals surface area contributed by atoms with Gasteiger partial charge in [-0.15, -0.1) is 0 Å². The van der Waals surface area contributed by atoms with Crippen LogP contribution in [0.2, 0.25) is 36.3 Å². The third-order valence-corrected chi connectivity index (χ3v) is 21.4. The first kappa shape index (κ1) is 39.0. The van der Waals surface area contributed by atoms with E-state index in [0.717, 1.165) is 21.9 Å². The van der Waals surface area contributed by atoms with Crippen LogP contribution in [0.3, 0.4) is 0 Å². The number of methoxy groups -OCH3 is 2. The molecule has 0 bridgehead atoms. The number of benzene rings is 3. The Morgan fingerprint density at radius 3 is 1.94 bits per heavy atom. The monoisotopic (exact) mass is 738 g/mol. The highest BCUT2D eigenvalue weighted by Crippen LogP contribution is 2.54. The predicted molar refractivity (Wildman–Crippen MR) is 205 cm³/mol. The Labute approximate surface area is 306 Å². The van der Waals surface area contributed by atoms with Crippen LogP contribution in [0, 0.1) is 0 Å². The van der Waals surface area contributed by atoms with Crippen molar-refractivity contribution in [1.82, 2.24) is 0 Å². The Morgan fingerprint density at radius 2 is 1.41 bits per heavy atom. The molecule has 0 amide bonds. The van der Waals surface area contributed by atoms with Crippen LogP contribution in [0.4, 0.5) is 0 Å². The van der Waals surface area contributed by atoms with Crippen molar-refractivity contribution in [2.45, 2.75) is 109 Å². The van der Waals surface area contributed by atoms with Crippen LogP contribution in [-0.2, 0) is 26.3 Å². The summed E-state index contributed by atoms with van der Waals surface area (Å²) in [6.45, 7) is 26.1. The summed E-state index contributed by atoms with van der Waals surface area (Å²) in [6.07, 6.45) is -1.25. The van der Waals surface area contributed by atoms with E-state index in [0.29, 0.717) is 37.1 Å². The maximum atomic E-state index is 10.8. The Balaban J connectivity index is 1.77. The molecule has 0 unspecified atom stereocenters. The second kappa shape index (κ2) is 14.3. The van der Waals surface area contributed by atoms with Gasteiger partial charge in [-0.1, -0.05) is 85.0 Å². The van der Waals surface area contributed by atoms with Gasteiger partial charge in [-0.05, 0) is 59.0 Å². The molecule has 0 saturated carbocycles. The summed E-state index contributed by atoms with van der Waals surface area (Å²) in [4.78, 5) is 0. The van der Waals surface area contributed by atoms with Crippen molar-refractivity contribution >= 4 is 21.6 Å². The highest BCUT2D eigenvalue weighted by molar-refractivity contribution is 6.92. The molecule has 1 fully saturated rings. The molecule has 0 spiro atoms. The number of phenols is 1. The van der Waals surface area contributed by atoms with Crippen molar-refractivity contribution in [3.63, 3.8) is 0 Å². The molecule has 2 atom stereocenters. The first-order valence-corrected chi connectivity index (χ1v) is 23.7. The van der Waals surface area contributed by atoms with Crippen LogP contribution in [0.15, 0.2) is 48.5 Å². The van der Waals surface area contributed by atoms with Crippen molar-refractivity contribution in [2.24, 2.45) is 0 Å². The normalized spacial score (nSPS) is 19.2. The molecule has 11 heteroatoms. The minimum Gasteiger partial charge on any atom is -0.502 e. The van der Waals surface area contributed by atoms with Gasteiger partial charge in [-0.3, -0.25) is 0 Å². The summed E-state index contributed by atoms with van der Waals surface area (Å²) in [5, 5.41) is 11.8. The van der Waals surface area contributed by atoms with E-state index in [-0.39, 0.29) is 33.9 Å². The molecule has 51 heavy (non-hydrogen) atoms. The average molecular weight is 739 g/mol. The number of phenolic OH excluding ortho intramolecular Hbond substituents is 1. The lowest BCUT2D eigenvalue weighted by Gasteiger charge is -2.44. The van der Waals surface area contributed by atoms with Crippen LogP contribution in [-0.4, -0.2) is 61.6 Å². The zero-order valence-electron chi connectivity index (χ0n) is 32.8. The van der Waals surface area contributed by atoms with Crippen molar-refractivity contribution in [1.29, 1.82) is 0 Å². The van der Waals surface area contributed by atoms with Crippen LogP contribution < -0.4 is 28.9 Å². The fourth-order valence-corrected chi connectivity index (χ4v) is 9.07. The van der Waals surface area contributed by atoms with Crippen molar-refractivity contribution in [3.05, 3.63) is 65.2 Å². The van der Waals surface area contributed by atoms with Crippen LogP contribution in [0.5, 0.6) is 34.5 Å². The van der Waals surface area contributed by atoms with E-state index in [2.05, 4.69) is 73.8 Å². The average Bonchev–Trinajstić information content (AvgIpc) is 3.52. The van der Waals surface area contributed by atoms with Gasteiger partial charge in [-0.25, -0.2) is 0 Å². The number of rotatable bonds is 11. The summed E-state index contributed by atoms with van der Waals surface area (Å²) in [5.41, 5.74) is 2.51.